The maximum absolute atomic E-state index is 13.5. The van der Waals surface area contributed by atoms with Gasteiger partial charge in [0.1, 0.15) is 11.4 Å². The predicted molar refractivity (Wildman–Crippen MR) is 133 cm³/mol. The molecule has 0 radical (unpaired) electrons. The molecule has 8 heteroatoms. The Morgan fingerprint density at radius 2 is 1.53 bits per heavy atom. The van der Waals surface area contributed by atoms with Gasteiger partial charge in [0.05, 0.1) is 38.1 Å². The van der Waals surface area contributed by atoms with Gasteiger partial charge < -0.3 is 27.4 Å². The van der Waals surface area contributed by atoms with Crippen LogP contribution in [0.2, 0.25) is 5.02 Å². The van der Waals surface area contributed by atoms with E-state index in [1.165, 1.54) is 4.68 Å². The first-order chi connectivity index (χ1) is 16.2. The number of rotatable bonds is 5. The first kappa shape index (κ1) is 23.8. The largest absolute Gasteiger partial charge is 1.00 e. The van der Waals surface area contributed by atoms with Crippen LogP contribution in [-0.2, 0) is 0 Å². The van der Waals surface area contributed by atoms with Gasteiger partial charge in [-0.25, -0.2) is 0 Å². The van der Waals surface area contributed by atoms with Crippen LogP contribution in [0.1, 0.15) is 1.43 Å². The normalized spacial score (nSPS) is 13.3. The van der Waals surface area contributed by atoms with Crippen LogP contribution in [0, 0.1) is 0 Å². The van der Waals surface area contributed by atoms with Gasteiger partial charge in [0.15, 0.2) is 0 Å². The number of benzene rings is 3. The first-order valence-corrected chi connectivity index (χ1v) is 11.3. The van der Waals surface area contributed by atoms with Gasteiger partial charge >= 0.3 is 5.56 Å². The summed E-state index contributed by atoms with van der Waals surface area (Å²) in [5.74, 6) is 0.875. The van der Waals surface area contributed by atoms with Crippen molar-refractivity contribution < 1.29 is 23.9 Å². The van der Waals surface area contributed by atoms with Crippen molar-refractivity contribution in [3.8, 4) is 28.3 Å². The van der Waals surface area contributed by atoms with Gasteiger partial charge in [0.2, 0.25) is 5.75 Å². The number of hydrogen-bond acceptors (Lipinski definition) is 4. The highest BCUT2D eigenvalue weighted by Gasteiger charge is 2.22. The molecule has 0 amide bonds. The highest BCUT2D eigenvalue weighted by molar-refractivity contribution is 6.30. The smallest absolute Gasteiger partial charge is 0.316 e. The van der Waals surface area contributed by atoms with Crippen molar-refractivity contribution in [2.45, 2.75) is 0 Å². The van der Waals surface area contributed by atoms with Crippen LogP contribution in [-0.4, -0.2) is 36.0 Å². The molecule has 1 aromatic heterocycles. The molecular weight excluding hydrogens is 471 g/mol. The van der Waals surface area contributed by atoms with E-state index >= 15 is 0 Å². The van der Waals surface area contributed by atoms with Crippen molar-refractivity contribution >= 4 is 17.3 Å². The van der Waals surface area contributed by atoms with Crippen LogP contribution >= 0.6 is 11.6 Å². The van der Waals surface area contributed by atoms with Crippen molar-refractivity contribution in [1.82, 2.24) is 9.78 Å². The average molecular weight is 497 g/mol. The fourth-order valence-corrected chi connectivity index (χ4v) is 4.10. The summed E-state index contributed by atoms with van der Waals surface area (Å²) in [6.45, 7) is 3.59. The summed E-state index contributed by atoms with van der Waals surface area (Å²) in [5.41, 5.74) is 3.25. The molecule has 3 aromatic carbocycles. The Kier molecular flexibility index (Phi) is 7.53. The van der Waals surface area contributed by atoms with E-state index in [-0.39, 0.29) is 25.1 Å². The minimum atomic E-state index is -0.309. The van der Waals surface area contributed by atoms with Crippen LogP contribution in [0.25, 0.3) is 16.8 Å². The van der Waals surface area contributed by atoms with Crippen LogP contribution in [0.4, 0.5) is 5.69 Å². The van der Waals surface area contributed by atoms with E-state index in [0.717, 1.165) is 37.3 Å². The molecule has 0 unspecified atom stereocenters. The highest BCUT2D eigenvalue weighted by Crippen LogP contribution is 2.30. The second-order valence-electron chi connectivity index (χ2n) is 7.90. The number of ether oxygens (including phenoxy) is 1. The monoisotopic (exact) mass is 496 g/mol. The van der Waals surface area contributed by atoms with Gasteiger partial charge in [-0.05, 0) is 47.5 Å². The molecular formula is C26H26Cl2N4O2. The van der Waals surface area contributed by atoms with E-state index in [2.05, 4.69) is 27.4 Å². The summed E-state index contributed by atoms with van der Waals surface area (Å²) < 4.78 is 7.57. The molecule has 0 atom stereocenters. The van der Waals surface area contributed by atoms with E-state index in [9.17, 15) is 4.79 Å². The Hall–Kier alpha value is -3.32. The lowest BCUT2D eigenvalue weighted by Crippen LogP contribution is -3.00. The van der Waals surface area contributed by atoms with Gasteiger partial charge in [0, 0.05) is 6.45 Å². The lowest BCUT2D eigenvalue weighted by Gasteiger charge is -2.28. The summed E-state index contributed by atoms with van der Waals surface area (Å²) >= 11 is 6.02. The molecule has 5 rings (SSSR count). The molecule has 34 heavy (non-hydrogen) atoms. The Morgan fingerprint density at radius 1 is 0.882 bits per heavy atom. The molecule has 1 saturated heterocycles. The minimum Gasteiger partial charge on any atom is -1.00 e. The van der Waals surface area contributed by atoms with Crippen molar-refractivity contribution in [2.24, 2.45) is 0 Å². The van der Waals surface area contributed by atoms with Crippen molar-refractivity contribution in [1.29, 1.82) is 0 Å². The van der Waals surface area contributed by atoms with Crippen molar-refractivity contribution in [2.75, 3.05) is 31.1 Å². The zero-order chi connectivity index (χ0) is 22.6. The number of halogens is 2. The number of piperazine rings is 1. The maximum atomic E-state index is 13.5. The third-order valence-electron chi connectivity index (χ3n) is 5.71. The number of anilines is 1. The Morgan fingerprint density at radius 3 is 2.21 bits per heavy atom. The summed E-state index contributed by atoms with van der Waals surface area (Å²) in [6.07, 6.45) is 1.72. The molecule has 1 aliphatic heterocycles. The quantitative estimate of drug-likeness (QED) is 0.447. The van der Waals surface area contributed by atoms with Gasteiger partial charge in [-0.15, -0.1) is 0 Å². The Labute approximate surface area is 210 Å². The van der Waals surface area contributed by atoms with Gasteiger partial charge in [-0.2, -0.15) is 9.78 Å². The van der Waals surface area contributed by atoms with Gasteiger partial charge in [-0.1, -0.05) is 54.1 Å². The zero-order valence-electron chi connectivity index (χ0n) is 18.4. The number of hydrogen-bond donors (Lipinski definition) is 1. The van der Waals surface area contributed by atoms with Crippen LogP contribution in [0.3, 0.4) is 0 Å². The summed E-state index contributed by atoms with van der Waals surface area (Å²) in [5, 5.41) is 7.30. The van der Waals surface area contributed by atoms with E-state index in [1.807, 2.05) is 42.5 Å². The van der Waals surface area contributed by atoms with Gasteiger partial charge in [-0.3, -0.25) is 4.79 Å². The lowest BCUT2D eigenvalue weighted by atomic mass is 10.1. The molecule has 2 N–H and O–H groups in total. The Balaban J connectivity index is 0.00000171. The van der Waals surface area contributed by atoms with Crippen LogP contribution in [0.5, 0.6) is 11.5 Å². The summed E-state index contributed by atoms with van der Waals surface area (Å²) in [7, 11) is 0. The third-order valence-corrected chi connectivity index (χ3v) is 5.97. The third kappa shape index (κ3) is 5.09. The molecule has 0 aliphatic carbocycles. The van der Waals surface area contributed by atoms with Crippen molar-refractivity contribution in [3.05, 3.63) is 100 Å². The standard InChI is InChI=1S/C26H23ClN4O2.ClH.H2/c27-21-8-10-22(11-9-21)31-26(32)25(24(18-29-31)30-16-14-28-15-17-30)33-23-12-6-20(7-13-23)19-4-2-1-3-5-19;;/h1-13,18,28H,14-17H2;2*1H. The summed E-state index contributed by atoms with van der Waals surface area (Å²) in [4.78, 5) is 15.7. The fourth-order valence-electron chi connectivity index (χ4n) is 3.97. The number of nitrogens with zero attached hydrogens (tertiary/aromatic N) is 3. The molecule has 2 heterocycles. The van der Waals surface area contributed by atoms with Crippen LogP contribution in [0.15, 0.2) is 89.9 Å². The topological polar surface area (TPSA) is 64.0 Å². The van der Waals surface area contributed by atoms with Gasteiger partial charge in [0.25, 0.3) is 0 Å². The van der Waals surface area contributed by atoms with E-state index in [1.54, 1.807) is 30.5 Å². The molecule has 6 nitrogen and oxygen atoms in total. The predicted octanol–water partition coefficient (Wildman–Crippen LogP) is 0.979. The molecule has 0 bridgehead atoms. The van der Waals surface area contributed by atoms with E-state index in [4.69, 9.17) is 16.3 Å². The summed E-state index contributed by atoms with van der Waals surface area (Å²) in [6, 6.07) is 24.9. The Bertz CT molecular complexity index is 1290. The fraction of sp³-hybridized carbons (Fsp3) is 0.154. The molecule has 0 saturated carbocycles. The maximum Gasteiger partial charge on any atom is 0.316 e. The van der Waals surface area contributed by atoms with E-state index < -0.39 is 0 Å². The molecule has 1 fully saturated rings. The van der Waals surface area contributed by atoms with E-state index in [0.29, 0.717) is 22.1 Å². The minimum absolute atomic E-state index is 0. The second-order valence-corrected chi connectivity index (χ2v) is 8.33. The second kappa shape index (κ2) is 10.7. The molecule has 4 aromatic rings. The molecule has 176 valence electrons. The number of quaternary nitrogens is 1. The number of aromatic nitrogens is 2. The molecule has 1 aliphatic rings. The zero-order valence-corrected chi connectivity index (χ0v) is 19.9. The molecule has 0 spiro atoms. The average Bonchev–Trinajstić information content (AvgIpc) is 2.87. The highest BCUT2D eigenvalue weighted by atomic mass is 35.5. The first-order valence-electron chi connectivity index (χ1n) is 11.0. The lowest BCUT2D eigenvalue weighted by molar-refractivity contribution is -0.655. The van der Waals surface area contributed by atoms with Crippen LogP contribution < -0.4 is 32.9 Å². The number of nitrogens with two attached hydrogens (primary N) is 1. The van der Waals surface area contributed by atoms with Crippen molar-refractivity contribution in [3.63, 3.8) is 0 Å². The SMILES string of the molecule is O=c1c(Oc2ccc(-c3ccccc3)cc2)c(N2CC[NH2+]CC2)cnn1-c1ccc(Cl)cc1.[Cl-].[HH].